The number of benzene rings is 2. The van der Waals surface area contributed by atoms with Gasteiger partial charge in [0.15, 0.2) is 0 Å². The van der Waals surface area contributed by atoms with Gasteiger partial charge < -0.3 is 14.5 Å². The largest absolute Gasteiger partial charge is 0.490 e. The third-order valence-electron chi connectivity index (χ3n) is 4.82. The Labute approximate surface area is 183 Å². The molecule has 7 heteroatoms. The fourth-order valence-electron chi connectivity index (χ4n) is 3.20. The minimum atomic E-state index is -2.42. The van der Waals surface area contributed by atoms with Crippen molar-refractivity contribution in [2.75, 3.05) is 43.6 Å². The van der Waals surface area contributed by atoms with Crippen molar-refractivity contribution < 1.29 is 22.3 Å². The van der Waals surface area contributed by atoms with E-state index >= 15 is 0 Å². The fraction of sp³-hybridized carbons (Fsp3) is 0.500. The third kappa shape index (κ3) is 7.04. The Balaban J connectivity index is 0.000000268. The van der Waals surface area contributed by atoms with Gasteiger partial charge in [0.2, 0.25) is 0 Å². The van der Waals surface area contributed by atoms with Gasteiger partial charge in [0.1, 0.15) is 12.4 Å². The zero-order chi connectivity index (χ0) is 23.6. The van der Waals surface area contributed by atoms with E-state index in [1.807, 2.05) is 51.6 Å². The second-order valence-corrected chi connectivity index (χ2v) is 6.66. The molecule has 0 fully saturated rings. The molecule has 2 aromatic carbocycles. The predicted molar refractivity (Wildman–Crippen MR) is 121 cm³/mol. The zero-order valence-electron chi connectivity index (χ0n) is 19.3. The highest BCUT2D eigenvalue weighted by Crippen LogP contribution is 2.34. The smallest absolute Gasteiger partial charge is 0.263 e. The van der Waals surface area contributed by atoms with Crippen molar-refractivity contribution in [3.8, 4) is 5.75 Å². The average molecular weight is 443 g/mol. The summed E-state index contributed by atoms with van der Waals surface area (Å²) in [4.78, 5) is 3.94. The van der Waals surface area contributed by atoms with Crippen LogP contribution in [0.15, 0.2) is 36.4 Å². The third-order valence-corrected chi connectivity index (χ3v) is 4.82. The Morgan fingerprint density at radius 2 is 1.26 bits per heavy atom. The summed E-state index contributed by atoms with van der Waals surface area (Å²) >= 11 is 0. The van der Waals surface area contributed by atoms with Crippen molar-refractivity contribution in [2.24, 2.45) is 0 Å². The van der Waals surface area contributed by atoms with Crippen molar-refractivity contribution in [2.45, 2.75) is 47.0 Å². The summed E-state index contributed by atoms with van der Waals surface area (Å²) in [6.45, 7) is 10.3. The zero-order valence-corrected chi connectivity index (χ0v) is 19.3. The molecule has 0 saturated carbocycles. The normalized spacial score (nSPS) is 13.7. The number of hydrogen-bond acceptors (Lipinski definition) is 3. The molecule has 0 saturated heterocycles. The lowest BCUT2D eigenvalue weighted by Crippen LogP contribution is -2.28. The Morgan fingerprint density at radius 3 is 1.84 bits per heavy atom. The predicted octanol–water partition coefficient (Wildman–Crippen LogP) is 7.12. The minimum Gasteiger partial charge on any atom is -0.490 e. The van der Waals surface area contributed by atoms with Gasteiger partial charge in [0.25, 0.3) is 12.9 Å². The van der Waals surface area contributed by atoms with Gasteiger partial charge in [-0.25, -0.2) is 17.6 Å². The fourth-order valence-corrected chi connectivity index (χ4v) is 3.20. The van der Waals surface area contributed by atoms with Crippen molar-refractivity contribution in [1.82, 2.24) is 0 Å². The Bertz CT molecular complexity index is 799. The second kappa shape index (κ2) is 13.1. The van der Waals surface area contributed by atoms with Crippen LogP contribution >= 0.6 is 0 Å². The molecule has 0 amide bonds. The summed E-state index contributed by atoms with van der Waals surface area (Å²) in [5.41, 5.74) is 3.03. The number of alkyl halides is 4. The lowest BCUT2D eigenvalue weighted by molar-refractivity contribution is 0.151. The number of ether oxygens (including phenoxy) is 1. The van der Waals surface area contributed by atoms with E-state index in [4.69, 9.17) is 4.74 Å². The van der Waals surface area contributed by atoms with Crippen LogP contribution in [-0.4, -0.2) is 33.8 Å². The van der Waals surface area contributed by atoms with Crippen LogP contribution in [0.25, 0.3) is 0 Å². The van der Waals surface area contributed by atoms with Gasteiger partial charge in [-0.2, -0.15) is 0 Å². The standard InChI is InChI=1S/C10H11F2NO.C10H11F2N.2C2H6/c1-13-4-5-14-9-3-2-7(10(11)12)6-8(9)13;1-13-5-4-7-2-3-8(10(11)12)6-9(7)13;2*1-2/h2-3,6,10H,4-5H2,1H3;2-3,6,10H,4-5H2,1H3;2*1-2H3. The van der Waals surface area contributed by atoms with E-state index in [1.54, 1.807) is 18.2 Å². The summed E-state index contributed by atoms with van der Waals surface area (Å²) in [7, 11) is 3.80. The van der Waals surface area contributed by atoms with E-state index in [0.717, 1.165) is 30.9 Å². The van der Waals surface area contributed by atoms with Crippen LogP contribution in [0, 0.1) is 0 Å². The molecule has 0 aromatic heterocycles. The first kappa shape index (κ1) is 26.6. The quantitative estimate of drug-likeness (QED) is 0.461. The molecule has 2 aliphatic heterocycles. The first-order valence-electron chi connectivity index (χ1n) is 10.7. The van der Waals surface area contributed by atoms with Crippen LogP contribution in [0.5, 0.6) is 5.75 Å². The number of halogens is 4. The highest BCUT2D eigenvalue weighted by Gasteiger charge is 2.18. The Kier molecular flexibility index (Phi) is 11.2. The van der Waals surface area contributed by atoms with Gasteiger partial charge in [-0.3, -0.25) is 0 Å². The first-order valence-corrected chi connectivity index (χ1v) is 10.7. The van der Waals surface area contributed by atoms with E-state index < -0.39 is 12.9 Å². The van der Waals surface area contributed by atoms with E-state index in [1.165, 1.54) is 23.8 Å². The molecule has 3 nitrogen and oxygen atoms in total. The molecule has 0 atom stereocenters. The van der Waals surface area contributed by atoms with Crippen molar-refractivity contribution in [1.29, 1.82) is 0 Å². The van der Waals surface area contributed by atoms with Gasteiger partial charge in [-0.05, 0) is 36.2 Å². The maximum atomic E-state index is 12.4. The monoisotopic (exact) mass is 442 g/mol. The molecule has 4 rings (SSSR count). The van der Waals surface area contributed by atoms with Gasteiger partial charge >= 0.3 is 0 Å². The molecule has 0 radical (unpaired) electrons. The molecule has 0 N–H and O–H groups in total. The summed E-state index contributed by atoms with van der Waals surface area (Å²) in [6.07, 6.45) is -3.81. The van der Waals surface area contributed by atoms with Gasteiger partial charge in [0, 0.05) is 37.5 Å². The molecule has 0 spiro atoms. The molecule has 2 aliphatic rings. The van der Waals surface area contributed by atoms with Crippen LogP contribution in [0.3, 0.4) is 0 Å². The molecular weight excluding hydrogens is 408 g/mol. The number of rotatable bonds is 2. The SMILES string of the molecule is CC.CC.CN1CCOc2ccc(C(F)F)cc21.CN1CCc2ccc(C(F)F)cc21. The topological polar surface area (TPSA) is 15.7 Å². The number of hydrogen-bond donors (Lipinski definition) is 0. The summed E-state index contributed by atoms with van der Waals surface area (Å²) in [6, 6.07) is 9.41. The summed E-state index contributed by atoms with van der Waals surface area (Å²) in [5.74, 6) is 0.683. The first-order chi connectivity index (χ1) is 14.9. The summed E-state index contributed by atoms with van der Waals surface area (Å²) in [5, 5.41) is 0. The van der Waals surface area contributed by atoms with Gasteiger partial charge in [0.05, 0.1) is 12.2 Å². The molecule has 0 bridgehead atoms. The van der Waals surface area contributed by atoms with Crippen LogP contribution in [0.1, 0.15) is 57.2 Å². The number of anilines is 2. The Morgan fingerprint density at radius 1 is 0.742 bits per heavy atom. The molecule has 0 aliphatic carbocycles. The lowest BCUT2D eigenvalue weighted by Gasteiger charge is -2.28. The van der Waals surface area contributed by atoms with Crippen LogP contribution in [0.2, 0.25) is 0 Å². The van der Waals surface area contributed by atoms with Crippen molar-refractivity contribution in [3.05, 3.63) is 53.1 Å². The number of nitrogens with zero attached hydrogens (tertiary/aromatic N) is 2. The minimum absolute atomic E-state index is 0.0427. The highest BCUT2D eigenvalue weighted by atomic mass is 19.3. The van der Waals surface area contributed by atoms with E-state index in [9.17, 15) is 17.6 Å². The average Bonchev–Trinajstić information content (AvgIpc) is 3.17. The van der Waals surface area contributed by atoms with E-state index in [2.05, 4.69) is 0 Å². The highest BCUT2D eigenvalue weighted by molar-refractivity contribution is 5.61. The Hall–Kier alpha value is -2.44. The van der Waals surface area contributed by atoms with Crippen molar-refractivity contribution in [3.63, 3.8) is 0 Å². The number of likely N-dealkylation sites (N-methyl/N-ethyl adjacent to an activating group) is 2. The van der Waals surface area contributed by atoms with E-state index in [0.29, 0.717) is 12.4 Å². The molecular formula is C24H34F4N2O. The maximum Gasteiger partial charge on any atom is 0.263 e. The molecule has 31 heavy (non-hydrogen) atoms. The van der Waals surface area contributed by atoms with Gasteiger partial charge in [-0.1, -0.05) is 39.8 Å². The molecule has 174 valence electrons. The van der Waals surface area contributed by atoms with Crippen LogP contribution in [0.4, 0.5) is 28.9 Å². The molecule has 2 aromatic rings. The van der Waals surface area contributed by atoms with Crippen LogP contribution in [-0.2, 0) is 6.42 Å². The van der Waals surface area contributed by atoms with Gasteiger partial charge in [-0.15, -0.1) is 0 Å². The summed E-state index contributed by atoms with van der Waals surface area (Å²) < 4.78 is 54.8. The molecule has 0 unspecified atom stereocenters. The van der Waals surface area contributed by atoms with Crippen LogP contribution < -0.4 is 14.5 Å². The maximum absolute atomic E-state index is 12.4. The number of fused-ring (bicyclic) bond motifs is 2. The van der Waals surface area contributed by atoms with Crippen molar-refractivity contribution >= 4 is 11.4 Å². The van der Waals surface area contributed by atoms with E-state index in [-0.39, 0.29) is 11.1 Å². The second-order valence-electron chi connectivity index (χ2n) is 6.66. The molecule has 2 heterocycles. The lowest BCUT2D eigenvalue weighted by atomic mass is 10.1.